The molecule has 37 heavy (non-hydrogen) atoms. The Hall–Kier alpha value is -1.26. The van der Waals surface area contributed by atoms with Crippen LogP contribution in [0.4, 0.5) is 0 Å². The second-order valence-electron chi connectivity index (χ2n) is 9.82. The first-order valence-electron chi connectivity index (χ1n) is 14.0. The first-order valence-corrected chi connectivity index (χ1v) is 19.2. The quantitative estimate of drug-likeness (QED) is 0.0542. The topological polar surface area (TPSA) is 26.3 Å². The lowest BCUT2D eigenvalue weighted by Gasteiger charge is -2.07. The fourth-order valence-corrected chi connectivity index (χ4v) is 6.13. The molecule has 0 saturated carbocycles. The lowest BCUT2D eigenvalue weighted by atomic mass is 10.00. The maximum Gasteiger partial charge on any atom is 0.341 e. The average molecular weight is 582 g/mol. The molecule has 204 valence electrons. The van der Waals surface area contributed by atoms with E-state index in [0.29, 0.717) is 12.7 Å². The van der Waals surface area contributed by atoms with Crippen LogP contribution in [0.5, 0.6) is 0 Å². The number of aryl methyl sites for hydroxylation is 1. The number of carbonyl (C=O) groups excluding carboxylic acids is 1. The van der Waals surface area contributed by atoms with Crippen LogP contribution in [-0.4, -0.2) is 18.6 Å². The fourth-order valence-electron chi connectivity index (χ4n) is 4.28. The maximum atomic E-state index is 12.0. The molecular formula is C31H43Cl3O2Si. The van der Waals surface area contributed by atoms with Crippen LogP contribution in [0.3, 0.4) is 0 Å². The molecule has 0 heterocycles. The minimum atomic E-state index is -2.50. The van der Waals surface area contributed by atoms with E-state index in [4.69, 9.17) is 38.0 Å². The highest BCUT2D eigenvalue weighted by Crippen LogP contribution is 2.27. The van der Waals surface area contributed by atoms with Gasteiger partial charge >= 0.3 is 12.0 Å². The SMILES string of the molecule is CCCCCCCCCCc1ccc(-c2ccc(/C=C/C(=O)OCCCCCC[Si](Cl)(Cl)Cl)cc2)cc1. The van der Waals surface area contributed by atoms with Crippen molar-refractivity contribution in [3.05, 3.63) is 65.7 Å². The monoisotopic (exact) mass is 580 g/mol. The van der Waals surface area contributed by atoms with Crippen LogP contribution in [0, 0.1) is 0 Å². The highest BCUT2D eigenvalue weighted by molar-refractivity contribution is 7.64. The standard InChI is InChI=1S/C31H43Cl3O2Si/c1-2-3-4-5-6-7-8-11-14-27-15-20-29(21-16-27)30-22-17-28(18-23-30)19-24-31(35)36-25-12-9-10-13-26-37(32,33)34/h15-24H,2-14,25-26H2,1H3/b24-19+. The van der Waals surface area contributed by atoms with Crippen molar-refractivity contribution in [1.82, 2.24) is 0 Å². The van der Waals surface area contributed by atoms with Gasteiger partial charge in [-0.1, -0.05) is 120 Å². The van der Waals surface area contributed by atoms with Crippen molar-refractivity contribution in [1.29, 1.82) is 0 Å². The summed E-state index contributed by atoms with van der Waals surface area (Å²) in [5.41, 5.74) is 4.78. The Morgan fingerprint density at radius 3 is 1.89 bits per heavy atom. The number of halogens is 3. The molecule has 0 aliphatic rings. The van der Waals surface area contributed by atoms with E-state index in [1.165, 1.54) is 74.1 Å². The van der Waals surface area contributed by atoms with Crippen LogP contribution in [0.2, 0.25) is 6.04 Å². The van der Waals surface area contributed by atoms with Gasteiger partial charge in [0.25, 0.3) is 0 Å². The molecule has 0 aliphatic carbocycles. The molecule has 2 nitrogen and oxygen atoms in total. The number of hydrogen-bond acceptors (Lipinski definition) is 2. The minimum Gasteiger partial charge on any atom is -0.463 e. The molecule has 2 rings (SSSR count). The molecule has 0 N–H and O–H groups in total. The van der Waals surface area contributed by atoms with Crippen LogP contribution in [-0.2, 0) is 16.0 Å². The summed E-state index contributed by atoms with van der Waals surface area (Å²) < 4.78 is 5.28. The Balaban J connectivity index is 1.64. The third-order valence-electron chi connectivity index (χ3n) is 6.53. The smallest absolute Gasteiger partial charge is 0.341 e. The van der Waals surface area contributed by atoms with Crippen molar-refractivity contribution in [3.63, 3.8) is 0 Å². The second kappa shape index (κ2) is 18.9. The molecule has 2 aromatic rings. The molecular weight excluding hydrogens is 539 g/mol. The Morgan fingerprint density at radius 2 is 1.27 bits per heavy atom. The van der Waals surface area contributed by atoms with E-state index in [2.05, 4.69) is 43.3 Å². The van der Waals surface area contributed by atoms with Crippen LogP contribution in [0.15, 0.2) is 54.6 Å². The molecule has 0 fully saturated rings. The molecule has 0 saturated heterocycles. The normalized spacial score (nSPS) is 11.8. The zero-order chi connectivity index (χ0) is 26.8. The molecule has 0 aromatic heterocycles. The van der Waals surface area contributed by atoms with Gasteiger partial charge in [-0.05, 0) is 53.6 Å². The summed E-state index contributed by atoms with van der Waals surface area (Å²) in [4.78, 5) is 12.0. The Kier molecular flexibility index (Phi) is 16.3. The van der Waals surface area contributed by atoms with E-state index in [1.54, 1.807) is 6.08 Å². The number of esters is 1. The van der Waals surface area contributed by atoms with Crippen LogP contribution in [0.1, 0.15) is 95.1 Å². The van der Waals surface area contributed by atoms with Gasteiger partial charge in [-0.15, -0.1) is 33.2 Å². The molecule has 0 amide bonds. The van der Waals surface area contributed by atoms with E-state index in [0.717, 1.165) is 37.7 Å². The van der Waals surface area contributed by atoms with E-state index >= 15 is 0 Å². The van der Waals surface area contributed by atoms with Crippen LogP contribution < -0.4 is 0 Å². The molecule has 0 atom stereocenters. The molecule has 2 aromatic carbocycles. The van der Waals surface area contributed by atoms with Crippen molar-refractivity contribution in [2.24, 2.45) is 0 Å². The second-order valence-corrected chi connectivity index (χ2v) is 19.1. The van der Waals surface area contributed by atoms with Crippen LogP contribution in [0.25, 0.3) is 17.2 Å². The van der Waals surface area contributed by atoms with E-state index in [9.17, 15) is 4.79 Å². The van der Waals surface area contributed by atoms with Gasteiger partial charge in [0.1, 0.15) is 0 Å². The summed E-state index contributed by atoms with van der Waals surface area (Å²) in [5, 5.41) is 0. The summed E-state index contributed by atoms with van der Waals surface area (Å²) in [6.07, 6.45) is 19.0. The highest BCUT2D eigenvalue weighted by Gasteiger charge is 2.23. The number of benzene rings is 2. The first kappa shape index (κ1) is 32.0. The predicted molar refractivity (Wildman–Crippen MR) is 165 cm³/mol. The van der Waals surface area contributed by atoms with Crippen molar-refractivity contribution in [2.75, 3.05) is 6.61 Å². The lowest BCUT2D eigenvalue weighted by molar-refractivity contribution is -0.137. The largest absolute Gasteiger partial charge is 0.463 e. The number of ether oxygens (including phenoxy) is 1. The van der Waals surface area contributed by atoms with Crippen molar-refractivity contribution >= 4 is 51.3 Å². The van der Waals surface area contributed by atoms with E-state index in [-0.39, 0.29) is 5.97 Å². The van der Waals surface area contributed by atoms with Gasteiger partial charge in [0.15, 0.2) is 0 Å². The molecule has 0 bridgehead atoms. The van der Waals surface area contributed by atoms with Gasteiger partial charge < -0.3 is 4.74 Å². The highest BCUT2D eigenvalue weighted by atomic mass is 35.8. The first-order chi connectivity index (χ1) is 17.9. The third-order valence-corrected chi connectivity index (χ3v) is 9.15. The predicted octanol–water partition coefficient (Wildman–Crippen LogP) is 10.8. The van der Waals surface area contributed by atoms with E-state index < -0.39 is 6.00 Å². The molecule has 0 spiro atoms. The van der Waals surface area contributed by atoms with Gasteiger partial charge in [0, 0.05) is 6.08 Å². The molecule has 0 unspecified atom stereocenters. The summed E-state index contributed by atoms with van der Waals surface area (Å²) in [6, 6.07) is 15.4. The van der Waals surface area contributed by atoms with Crippen molar-refractivity contribution in [2.45, 2.75) is 96.4 Å². The van der Waals surface area contributed by atoms with Gasteiger partial charge in [0.2, 0.25) is 0 Å². The Morgan fingerprint density at radius 1 is 0.730 bits per heavy atom. The molecule has 6 heteroatoms. The van der Waals surface area contributed by atoms with Gasteiger partial charge in [0.05, 0.1) is 6.61 Å². The maximum absolute atomic E-state index is 12.0. The zero-order valence-electron chi connectivity index (χ0n) is 22.3. The van der Waals surface area contributed by atoms with Gasteiger partial charge in [-0.2, -0.15) is 0 Å². The van der Waals surface area contributed by atoms with E-state index in [1.807, 2.05) is 12.1 Å². The molecule has 0 aliphatic heterocycles. The minimum absolute atomic E-state index is 0.315. The van der Waals surface area contributed by atoms with Gasteiger partial charge in [-0.3, -0.25) is 0 Å². The average Bonchev–Trinajstić information content (AvgIpc) is 2.88. The summed E-state index contributed by atoms with van der Waals surface area (Å²) in [6.45, 7) is 2.69. The van der Waals surface area contributed by atoms with Crippen molar-refractivity contribution in [3.8, 4) is 11.1 Å². The lowest BCUT2D eigenvalue weighted by Crippen LogP contribution is -2.07. The fraction of sp³-hybridized carbons (Fsp3) is 0.516. The number of unbranched alkanes of at least 4 members (excludes halogenated alkanes) is 10. The van der Waals surface area contributed by atoms with Crippen molar-refractivity contribution < 1.29 is 9.53 Å². The Labute approximate surface area is 239 Å². The number of rotatable bonds is 19. The summed E-state index contributed by atoms with van der Waals surface area (Å²) in [5.74, 6) is -0.315. The summed E-state index contributed by atoms with van der Waals surface area (Å²) in [7, 11) is 0. The molecule has 0 radical (unpaired) electrons. The summed E-state index contributed by atoms with van der Waals surface area (Å²) >= 11 is 17.6. The third kappa shape index (κ3) is 15.7. The zero-order valence-corrected chi connectivity index (χ0v) is 25.6. The Bertz CT molecular complexity index is 906. The number of carbonyl (C=O) groups is 1. The number of hydrogen-bond donors (Lipinski definition) is 0. The van der Waals surface area contributed by atoms with Gasteiger partial charge in [-0.25, -0.2) is 4.79 Å². The van der Waals surface area contributed by atoms with Crippen LogP contribution >= 0.6 is 33.2 Å².